The summed E-state index contributed by atoms with van der Waals surface area (Å²) in [4.78, 5) is 1.86. The maximum atomic E-state index is 5.14. The lowest BCUT2D eigenvalue weighted by molar-refractivity contribution is 0.415. The lowest BCUT2D eigenvalue weighted by atomic mass is 10.0. The Morgan fingerprint density at radius 1 is 0.882 bits per heavy atom. The zero-order chi connectivity index (χ0) is 12.1. The Morgan fingerprint density at radius 2 is 1.41 bits per heavy atom. The first-order valence-electron chi connectivity index (χ1n) is 5.35. The fraction of sp³-hybridized carbons (Fsp3) is 0.0667. The summed E-state index contributed by atoms with van der Waals surface area (Å²) in [7, 11) is 1.68. The molecule has 2 aromatic rings. The number of methoxy groups -OCH3 is 1. The molecule has 0 N–H and O–H groups in total. The van der Waals surface area contributed by atoms with E-state index >= 15 is 0 Å². The van der Waals surface area contributed by atoms with Crippen LogP contribution in [0.15, 0.2) is 53.5 Å². The molecule has 0 saturated heterocycles. The lowest BCUT2D eigenvalue weighted by Crippen LogP contribution is -1.82. The van der Waals surface area contributed by atoms with Gasteiger partial charge in [-0.15, -0.1) is 0 Å². The molecule has 0 aliphatic heterocycles. The molecule has 0 heterocycles. The van der Waals surface area contributed by atoms with E-state index < -0.39 is 0 Å². The monoisotopic (exact) mass is 288 g/mol. The normalized spacial score (nSPS) is 10.7. The van der Waals surface area contributed by atoms with Crippen molar-refractivity contribution in [2.45, 2.75) is 0 Å². The molecular weight excluding hydrogens is 276 g/mol. The van der Waals surface area contributed by atoms with E-state index in [1.54, 1.807) is 7.11 Å². The average Bonchev–Trinajstić information content (AvgIpc) is 2.40. The van der Waals surface area contributed by atoms with Crippen LogP contribution in [0.1, 0.15) is 5.56 Å². The zero-order valence-electron chi connectivity index (χ0n) is 9.56. The van der Waals surface area contributed by atoms with E-state index in [9.17, 15) is 0 Å². The van der Waals surface area contributed by atoms with Crippen molar-refractivity contribution >= 4 is 22.0 Å². The molecule has 0 atom stereocenters. The van der Waals surface area contributed by atoms with Gasteiger partial charge < -0.3 is 4.74 Å². The maximum Gasteiger partial charge on any atom is 0.118 e. The van der Waals surface area contributed by atoms with Crippen LogP contribution in [-0.2, 0) is 0 Å². The minimum atomic E-state index is 0.882. The van der Waals surface area contributed by atoms with Crippen LogP contribution in [-0.4, -0.2) is 7.11 Å². The smallest absolute Gasteiger partial charge is 0.118 e. The first kappa shape index (κ1) is 11.9. The molecule has 0 aliphatic rings. The van der Waals surface area contributed by atoms with Crippen LogP contribution >= 0.6 is 15.9 Å². The van der Waals surface area contributed by atoms with E-state index in [2.05, 4.69) is 52.3 Å². The number of halogens is 1. The predicted molar refractivity (Wildman–Crippen MR) is 76.4 cm³/mol. The van der Waals surface area contributed by atoms with E-state index in [0.29, 0.717) is 0 Å². The van der Waals surface area contributed by atoms with E-state index in [4.69, 9.17) is 4.74 Å². The Balaban J connectivity index is 2.26. The van der Waals surface area contributed by atoms with Gasteiger partial charge in [0.25, 0.3) is 0 Å². The minimum absolute atomic E-state index is 0.882. The van der Waals surface area contributed by atoms with E-state index in [-0.39, 0.29) is 0 Å². The van der Waals surface area contributed by atoms with Gasteiger partial charge in [0.05, 0.1) is 7.11 Å². The third kappa shape index (κ3) is 2.98. The topological polar surface area (TPSA) is 9.23 Å². The van der Waals surface area contributed by atoms with Crippen LogP contribution < -0.4 is 4.74 Å². The van der Waals surface area contributed by atoms with Crippen molar-refractivity contribution < 1.29 is 4.74 Å². The number of hydrogen-bond donors (Lipinski definition) is 0. The Hall–Kier alpha value is -1.54. The Bertz CT molecular complexity index is 497. The van der Waals surface area contributed by atoms with Crippen LogP contribution in [0, 0.1) is 0 Å². The quantitative estimate of drug-likeness (QED) is 0.794. The van der Waals surface area contributed by atoms with Crippen LogP contribution in [0.3, 0.4) is 0 Å². The Morgan fingerprint density at radius 3 is 1.88 bits per heavy atom. The minimum Gasteiger partial charge on any atom is -0.497 e. The van der Waals surface area contributed by atoms with Gasteiger partial charge in [-0.3, -0.25) is 0 Å². The van der Waals surface area contributed by atoms with Crippen LogP contribution in [0.2, 0.25) is 0 Å². The molecule has 2 heteroatoms. The number of hydrogen-bond acceptors (Lipinski definition) is 1. The summed E-state index contributed by atoms with van der Waals surface area (Å²) in [5.41, 5.74) is 3.58. The van der Waals surface area contributed by atoms with Gasteiger partial charge in [-0.05, 0) is 39.9 Å². The van der Waals surface area contributed by atoms with E-state index in [0.717, 1.165) is 5.75 Å². The summed E-state index contributed by atoms with van der Waals surface area (Å²) in [6.07, 6.45) is 2.01. The van der Waals surface area contributed by atoms with Crippen molar-refractivity contribution in [2.24, 2.45) is 0 Å². The van der Waals surface area contributed by atoms with Crippen LogP contribution in [0.25, 0.3) is 17.2 Å². The third-order valence-corrected chi connectivity index (χ3v) is 2.85. The summed E-state index contributed by atoms with van der Waals surface area (Å²) < 4.78 is 5.14. The second-order valence-corrected chi connectivity index (χ2v) is 4.17. The van der Waals surface area contributed by atoms with Crippen molar-refractivity contribution in [3.63, 3.8) is 0 Å². The van der Waals surface area contributed by atoms with Crippen molar-refractivity contribution in [3.05, 3.63) is 59.1 Å². The molecule has 0 aromatic heterocycles. The number of rotatable bonds is 3. The Labute approximate surface area is 110 Å². The van der Waals surface area contributed by atoms with Crippen molar-refractivity contribution in [2.75, 3.05) is 7.11 Å². The molecule has 86 valence electrons. The summed E-state index contributed by atoms with van der Waals surface area (Å²) in [5, 5.41) is 0. The van der Waals surface area contributed by atoms with Crippen LogP contribution in [0.5, 0.6) is 5.75 Å². The highest BCUT2D eigenvalue weighted by Gasteiger charge is 1.97. The highest BCUT2D eigenvalue weighted by Crippen LogP contribution is 2.22. The van der Waals surface area contributed by atoms with E-state index in [1.165, 1.54) is 16.7 Å². The van der Waals surface area contributed by atoms with Gasteiger partial charge in [0.15, 0.2) is 0 Å². The van der Waals surface area contributed by atoms with E-state index in [1.807, 2.05) is 23.2 Å². The summed E-state index contributed by atoms with van der Waals surface area (Å²) in [6, 6.07) is 16.5. The highest BCUT2D eigenvalue weighted by atomic mass is 79.9. The van der Waals surface area contributed by atoms with Gasteiger partial charge in [0, 0.05) is 0 Å². The fourth-order valence-corrected chi connectivity index (χ4v) is 1.95. The predicted octanol–water partition coefficient (Wildman–Crippen LogP) is 4.73. The van der Waals surface area contributed by atoms with Gasteiger partial charge in [0.1, 0.15) is 5.75 Å². The molecule has 0 spiro atoms. The molecule has 0 fully saturated rings. The SMILES string of the molecule is COc1ccc(-c2ccc(/C=C/Br)cc2)cc1. The van der Waals surface area contributed by atoms with Gasteiger partial charge in [-0.2, -0.15) is 0 Å². The Kier molecular flexibility index (Phi) is 3.99. The molecule has 0 radical (unpaired) electrons. The van der Waals surface area contributed by atoms with Gasteiger partial charge in [-0.1, -0.05) is 52.3 Å². The molecular formula is C15H13BrO. The lowest BCUT2D eigenvalue weighted by Gasteiger charge is -2.04. The summed E-state index contributed by atoms with van der Waals surface area (Å²) in [5.74, 6) is 0.882. The molecule has 0 amide bonds. The maximum absolute atomic E-state index is 5.14. The standard InChI is InChI=1S/C15H13BrO/c1-17-15-8-6-14(7-9-15)13-4-2-12(3-5-13)10-11-16/h2-11H,1H3/b11-10+. The second kappa shape index (κ2) is 5.69. The van der Waals surface area contributed by atoms with Crippen molar-refractivity contribution in [3.8, 4) is 16.9 Å². The molecule has 1 nitrogen and oxygen atoms in total. The van der Waals surface area contributed by atoms with Gasteiger partial charge in [-0.25, -0.2) is 0 Å². The van der Waals surface area contributed by atoms with Gasteiger partial charge in [0.2, 0.25) is 0 Å². The molecule has 0 unspecified atom stereocenters. The first-order valence-corrected chi connectivity index (χ1v) is 6.26. The van der Waals surface area contributed by atoms with Crippen molar-refractivity contribution in [1.82, 2.24) is 0 Å². The summed E-state index contributed by atoms with van der Waals surface area (Å²) in [6.45, 7) is 0. The second-order valence-electron chi connectivity index (χ2n) is 3.64. The number of benzene rings is 2. The third-order valence-electron chi connectivity index (χ3n) is 2.59. The molecule has 0 aliphatic carbocycles. The van der Waals surface area contributed by atoms with Crippen molar-refractivity contribution in [1.29, 1.82) is 0 Å². The van der Waals surface area contributed by atoms with Gasteiger partial charge >= 0.3 is 0 Å². The first-order chi connectivity index (χ1) is 8.33. The molecule has 2 aromatic carbocycles. The molecule has 17 heavy (non-hydrogen) atoms. The highest BCUT2D eigenvalue weighted by molar-refractivity contribution is 9.11. The summed E-state index contributed by atoms with van der Waals surface area (Å²) >= 11 is 3.27. The zero-order valence-corrected chi connectivity index (χ0v) is 11.1. The molecule has 0 saturated carbocycles. The largest absolute Gasteiger partial charge is 0.497 e. The van der Waals surface area contributed by atoms with Crippen LogP contribution in [0.4, 0.5) is 0 Å². The molecule has 0 bridgehead atoms. The fourth-order valence-electron chi connectivity index (χ4n) is 1.64. The number of ether oxygens (including phenoxy) is 1. The molecule has 2 rings (SSSR count). The average molecular weight is 289 g/mol.